The monoisotopic (exact) mass is 402 g/mol. The fourth-order valence-corrected chi connectivity index (χ4v) is 4.54. The lowest BCUT2D eigenvalue weighted by Crippen LogP contribution is -2.67. The Kier molecular flexibility index (Phi) is 12.2. The molecule has 0 spiro atoms. The predicted octanol–water partition coefficient (Wildman–Crippen LogP) is 5.35. The third-order valence-electron chi connectivity index (χ3n) is 5.97. The minimum atomic E-state index is -0.856. The van der Waals surface area contributed by atoms with Crippen LogP contribution >= 0.6 is 0 Å². The van der Waals surface area contributed by atoms with Crippen LogP contribution in [0, 0.1) is 5.92 Å². The van der Waals surface area contributed by atoms with Crippen LogP contribution in [0.25, 0.3) is 0 Å². The molecule has 0 aliphatic carbocycles. The SMILES string of the molecule is CCCCCCCC(OCC1CO1)C(CCC)(OC)C(OC)(OCC)C(C)C. The Bertz CT molecular complexity index is 398. The smallest absolute Gasteiger partial charge is 0.202 e. The van der Waals surface area contributed by atoms with Crippen LogP contribution in [0.1, 0.15) is 86.0 Å². The van der Waals surface area contributed by atoms with Crippen LogP contribution in [0.5, 0.6) is 0 Å². The van der Waals surface area contributed by atoms with Gasteiger partial charge in [-0.1, -0.05) is 66.2 Å². The Morgan fingerprint density at radius 1 is 0.964 bits per heavy atom. The molecule has 1 fully saturated rings. The molecule has 0 radical (unpaired) electrons. The standard InChI is InChI=1S/C23H46O5/c1-8-11-12-13-14-15-21(27-18-20-17-26-20)22(24-6,16-9-2)23(25-7,19(4)5)28-10-3/h19-21H,8-18H2,1-7H3. The molecule has 1 rings (SSSR count). The molecule has 1 aliphatic heterocycles. The number of ether oxygens (including phenoxy) is 5. The summed E-state index contributed by atoms with van der Waals surface area (Å²) in [6.07, 6.45) is 9.00. The van der Waals surface area contributed by atoms with Gasteiger partial charge in [-0.2, -0.15) is 0 Å². The highest BCUT2D eigenvalue weighted by atomic mass is 16.7. The Labute approximate surface area is 173 Å². The molecule has 4 atom stereocenters. The molecular weight excluding hydrogens is 356 g/mol. The van der Waals surface area contributed by atoms with E-state index in [-0.39, 0.29) is 18.1 Å². The number of epoxide rings is 1. The van der Waals surface area contributed by atoms with E-state index in [0.717, 1.165) is 32.3 Å². The maximum Gasteiger partial charge on any atom is 0.202 e. The lowest BCUT2D eigenvalue weighted by molar-refractivity contribution is -0.362. The van der Waals surface area contributed by atoms with Gasteiger partial charge in [0.1, 0.15) is 11.7 Å². The van der Waals surface area contributed by atoms with Crippen molar-refractivity contribution in [1.29, 1.82) is 0 Å². The summed E-state index contributed by atoms with van der Waals surface area (Å²) in [6, 6.07) is 0. The summed E-state index contributed by atoms with van der Waals surface area (Å²) in [5, 5.41) is 0. The fraction of sp³-hybridized carbons (Fsp3) is 1.00. The minimum Gasteiger partial charge on any atom is -0.372 e. The van der Waals surface area contributed by atoms with Crippen molar-refractivity contribution in [3.05, 3.63) is 0 Å². The predicted molar refractivity (Wildman–Crippen MR) is 114 cm³/mol. The van der Waals surface area contributed by atoms with Crippen molar-refractivity contribution in [2.75, 3.05) is 34.0 Å². The van der Waals surface area contributed by atoms with Gasteiger partial charge in [0, 0.05) is 26.7 Å². The Morgan fingerprint density at radius 2 is 1.64 bits per heavy atom. The third-order valence-corrected chi connectivity index (χ3v) is 5.97. The molecule has 1 saturated heterocycles. The Hall–Kier alpha value is -0.200. The van der Waals surface area contributed by atoms with E-state index in [1.54, 1.807) is 14.2 Å². The summed E-state index contributed by atoms with van der Waals surface area (Å²) < 4.78 is 30.7. The molecule has 0 saturated carbocycles. The van der Waals surface area contributed by atoms with Gasteiger partial charge in [-0.15, -0.1) is 0 Å². The zero-order valence-electron chi connectivity index (χ0n) is 19.6. The molecule has 5 heteroatoms. The molecular formula is C23H46O5. The van der Waals surface area contributed by atoms with Crippen LogP contribution < -0.4 is 0 Å². The van der Waals surface area contributed by atoms with Crippen LogP contribution in [-0.2, 0) is 23.7 Å². The number of methoxy groups -OCH3 is 2. The van der Waals surface area contributed by atoms with Crippen LogP contribution in [-0.4, -0.2) is 57.6 Å². The zero-order chi connectivity index (χ0) is 21.0. The Morgan fingerprint density at radius 3 is 2.11 bits per heavy atom. The third kappa shape index (κ3) is 6.40. The molecule has 4 unspecified atom stereocenters. The molecule has 168 valence electrons. The van der Waals surface area contributed by atoms with Crippen LogP contribution in [0.4, 0.5) is 0 Å². The average Bonchev–Trinajstić information content (AvgIpc) is 3.51. The molecule has 1 heterocycles. The molecule has 0 aromatic heterocycles. The molecule has 0 N–H and O–H groups in total. The second kappa shape index (κ2) is 13.2. The highest BCUT2D eigenvalue weighted by Gasteiger charge is 2.60. The van der Waals surface area contributed by atoms with E-state index in [1.807, 2.05) is 6.92 Å². The molecule has 0 amide bonds. The first-order valence-electron chi connectivity index (χ1n) is 11.4. The molecule has 0 aromatic rings. The normalized spacial score (nSPS) is 22.1. The zero-order valence-corrected chi connectivity index (χ0v) is 19.6. The maximum atomic E-state index is 6.48. The fourth-order valence-electron chi connectivity index (χ4n) is 4.54. The lowest BCUT2D eigenvalue weighted by atomic mass is 9.75. The van der Waals surface area contributed by atoms with Crippen molar-refractivity contribution >= 4 is 0 Å². The highest BCUT2D eigenvalue weighted by molar-refractivity contribution is 5.04. The van der Waals surface area contributed by atoms with Crippen molar-refractivity contribution in [2.45, 2.75) is 110 Å². The summed E-state index contributed by atoms with van der Waals surface area (Å²) in [6.45, 7) is 12.7. The van der Waals surface area contributed by atoms with E-state index in [1.165, 1.54) is 25.7 Å². The second-order valence-electron chi connectivity index (χ2n) is 8.28. The molecule has 0 bridgehead atoms. The van der Waals surface area contributed by atoms with Crippen LogP contribution in [0.3, 0.4) is 0 Å². The van der Waals surface area contributed by atoms with Gasteiger partial charge in [0.25, 0.3) is 0 Å². The number of hydrogen-bond acceptors (Lipinski definition) is 5. The van der Waals surface area contributed by atoms with Crippen molar-refractivity contribution in [3.8, 4) is 0 Å². The summed E-state index contributed by atoms with van der Waals surface area (Å²) in [7, 11) is 3.52. The van der Waals surface area contributed by atoms with Crippen molar-refractivity contribution in [2.24, 2.45) is 5.92 Å². The van der Waals surface area contributed by atoms with Gasteiger partial charge < -0.3 is 23.7 Å². The first kappa shape index (κ1) is 25.8. The quantitative estimate of drug-likeness (QED) is 0.176. The molecule has 0 aromatic carbocycles. The summed E-state index contributed by atoms with van der Waals surface area (Å²) in [4.78, 5) is 0. The van der Waals surface area contributed by atoms with Gasteiger partial charge in [0.05, 0.1) is 19.3 Å². The lowest BCUT2D eigenvalue weighted by Gasteiger charge is -2.53. The summed E-state index contributed by atoms with van der Waals surface area (Å²) >= 11 is 0. The van der Waals surface area contributed by atoms with E-state index in [9.17, 15) is 0 Å². The number of rotatable bonds is 18. The first-order valence-corrected chi connectivity index (χ1v) is 11.4. The number of hydrogen-bond donors (Lipinski definition) is 0. The van der Waals surface area contributed by atoms with E-state index < -0.39 is 11.4 Å². The van der Waals surface area contributed by atoms with Crippen LogP contribution in [0.2, 0.25) is 0 Å². The van der Waals surface area contributed by atoms with Gasteiger partial charge in [0.15, 0.2) is 0 Å². The van der Waals surface area contributed by atoms with Crippen molar-refractivity contribution in [3.63, 3.8) is 0 Å². The molecule has 1 aliphatic rings. The minimum absolute atomic E-state index is 0.0998. The molecule has 28 heavy (non-hydrogen) atoms. The Balaban J connectivity index is 3.15. The highest BCUT2D eigenvalue weighted by Crippen LogP contribution is 2.45. The van der Waals surface area contributed by atoms with Gasteiger partial charge in [-0.3, -0.25) is 0 Å². The average molecular weight is 403 g/mol. The van der Waals surface area contributed by atoms with E-state index in [2.05, 4.69) is 27.7 Å². The van der Waals surface area contributed by atoms with Crippen LogP contribution in [0.15, 0.2) is 0 Å². The topological polar surface area (TPSA) is 49.5 Å². The maximum absolute atomic E-state index is 6.48. The summed E-state index contributed by atoms with van der Waals surface area (Å²) in [5.41, 5.74) is -0.666. The number of unbranched alkanes of at least 4 members (excludes halogenated alkanes) is 4. The first-order chi connectivity index (χ1) is 13.5. The van der Waals surface area contributed by atoms with Gasteiger partial charge in [-0.25, -0.2) is 0 Å². The second-order valence-corrected chi connectivity index (χ2v) is 8.28. The molecule has 5 nitrogen and oxygen atoms in total. The van der Waals surface area contributed by atoms with Crippen molar-refractivity contribution in [1.82, 2.24) is 0 Å². The summed E-state index contributed by atoms with van der Waals surface area (Å²) in [5.74, 6) is -0.738. The van der Waals surface area contributed by atoms with Crippen molar-refractivity contribution < 1.29 is 23.7 Å². The van der Waals surface area contributed by atoms with E-state index in [4.69, 9.17) is 23.7 Å². The van der Waals surface area contributed by atoms with E-state index >= 15 is 0 Å². The van der Waals surface area contributed by atoms with Gasteiger partial charge in [0.2, 0.25) is 5.79 Å². The van der Waals surface area contributed by atoms with E-state index in [0.29, 0.717) is 13.2 Å². The van der Waals surface area contributed by atoms with Gasteiger partial charge >= 0.3 is 0 Å². The van der Waals surface area contributed by atoms with Gasteiger partial charge in [-0.05, 0) is 19.8 Å². The largest absolute Gasteiger partial charge is 0.372 e.